The van der Waals surface area contributed by atoms with Crippen molar-refractivity contribution in [1.82, 2.24) is 0 Å². The third kappa shape index (κ3) is 4.01. The molecule has 0 bridgehead atoms. The molecule has 1 fully saturated rings. The summed E-state index contributed by atoms with van der Waals surface area (Å²) in [6.45, 7) is -0.695. The van der Waals surface area contributed by atoms with Gasteiger partial charge in [-0.25, -0.2) is 4.42 Å². The highest BCUT2D eigenvalue weighted by Crippen LogP contribution is 2.44. The summed E-state index contributed by atoms with van der Waals surface area (Å²) in [5.74, 6) is -3.32. The van der Waals surface area contributed by atoms with Crippen molar-refractivity contribution in [2.75, 3.05) is 6.61 Å². The lowest BCUT2D eigenvalue weighted by molar-refractivity contribution is -0.277. The molecule has 2 heterocycles. The molecule has 0 unspecified atom stereocenters. The molecule has 1 saturated heterocycles. The molecule has 9 N–H and O–H groups in total. The van der Waals surface area contributed by atoms with Gasteiger partial charge in [-0.3, -0.25) is 0 Å². The maximum atomic E-state index is 10.3. The third-order valence-electron chi connectivity index (χ3n) is 5.24. The highest BCUT2D eigenvalue weighted by molar-refractivity contribution is 5.88. The van der Waals surface area contributed by atoms with E-state index in [2.05, 4.69) is 0 Å². The number of ether oxygens (including phenoxy) is 2. The predicted octanol–water partition coefficient (Wildman–Crippen LogP) is 0.0876. The number of phenolic OH excluding ortho intramolecular Hbond substituents is 5. The minimum atomic E-state index is -1.76. The SMILES string of the molecule is OC[C@@H]1O[C@H](Oc2cc3c(O)cc(O)cc3[o+]c2-c2cc(O)c(O)c(O)c2)[C@@H](O)[C@H](O)[C@H]1O. The Kier molecular flexibility index (Phi) is 5.78. The van der Waals surface area contributed by atoms with Crippen LogP contribution in [0.5, 0.6) is 34.5 Å². The molecule has 5 atom stereocenters. The Morgan fingerprint density at radius 3 is 2.12 bits per heavy atom. The number of hydrogen-bond donors (Lipinski definition) is 9. The van der Waals surface area contributed by atoms with Crippen molar-refractivity contribution in [3.05, 3.63) is 30.3 Å². The van der Waals surface area contributed by atoms with Crippen LogP contribution in [-0.2, 0) is 4.74 Å². The number of phenols is 5. The number of rotatable bonds is 4. The predicted molar refractivity (Wildman–Crippen MR) is 109 cm³/mol. The van der Waals surface area contributed by atoms with Crippen LogP contribution in [0.1, 0.15) is 0 Å². The summed E-state index contributed by atoms with van der Waals surface area (Å²) in [4.78, 5) is 0. The van der Waals surface area contributed by atoms with E-state index in [1.807, 2.05) is 0 Å². The number of fused-ring (bicyclic) bond motifs is 1. The maximum Gasteiger partial charge on any atom is 0.402 e. The van der Waals surface area contributed by atoms with Gasteiger partial charge in [0.15, 0.2) is 17.2 Å². The van der Waals surface area contributed by atoms with E-state index in [1.165, 1.54) is 12.1 Å². The van der Waals surface area contributed by atoms with Gasteiger partial charge in [0.25, 0.3) is 0 Å². The Morgan fingerprint density at radius 1 is 0.818 bits per heavy atom. The molecule has 12 heteroatoms. The maximum absolute atomic E-state index is 10.3. The Bertz CT molecular complexity index is 1170. The molecule has 1 aliphatic rings. The Hall–Kier alpha value is -3.55. The van der Waals surface area contributed by atoms with Crippen LogP contribution in [0.3, 0.4) is 0 Å². The van der Waals surface area contributed by atoms with Gasteiger partial charge in [0.2, 0.25) is 12.0 Å². The summed E-state index contributed by atoms with van der Waals surface area (Å²) < 4.78 is 16.7. The Balaban J connectivity index is 1.86. The van der Waals surface area contributed by atoms with E-state index in [0.717, 1.165) is 18.2 Å². The first kappa shape index (κ1) is 22.6. The lowest BCUT2D eigenvalue weighted by atomic mass is 9.99. The molecule has 4 rings (SSSR count). The molecule has 3 aromatic rings. The van der Waals surface area contributed by atoms with E-state index < -0.39 is 60.3 Å². The number of aromatic hydroxyl groups is 5. The van der Waals surface area contributed by atoms with Gasteiger partial charge < -0.3 is 55.4 Å². The van der Waals surface area contributed by atoms with Crippen molar-refractivity contribution < 1.29 is 59.8 Å². The summed E-state index contributed by atoms with van der Waals surface area (Å²) in [6.07, 6.45) is -7.99. The van der Waals surface area contributed by atoms with E-state index in [-0.39, 0.29) is 33.8 Å². The van der Waals surface area contributed by atoms with Crippen molar-refractivity contribution in [3.8, 4) is 45.8 Å². The third-order valence-corrected chi connectivity index (χ3v) is 5.24. The summed E-state index contributed by atoms with van der Waals surface area (Å²) in [7, 11) is 0. The van der Waals surface area contributed by atoms with Crippen LogP contribution in [0.4, 0.5) is 0 Å². The van der Waals surface area contributed by atoms with Crippen LogP contribution in [0.2, 0.25) is 0 Å². The smallest absolute Gasteiger partial charge is 0.402 e. The largest absolute Gasteiger partial charge is 0.507 e. The van der Waals surface area contributed by atoms with Gasteiger partial charge in [-0.1, -0.05) is 0 Å². The number of aliphatic hydroxyl groups excluding tert-OH is 4. The first-order chi connectivity index (χ1) is 15.6. The second-order valence-electron chi connectivity index (χ2n) is 7.49. The van der Waals surface area contributed by atoms with Gasteiger partial charge in [-0.2, -0.15) is 0 Å². The van der Waals surface area contributed by atoms with Crippen LogP contribution < -0.4 is 4.74 Å². The summed E-state index contributed by atoms with van der Waals surface area (Å²) in [5.41, 5.74) is -0.0529. The quantitative estimate of drug-likeness (QED) is 0.185. The zero-order chi connectivity index (χ0) is 24.0. The molecule has 12 nitrogen and oxygen atoms in total. The van der Waals surface area contributed by atoms with Crippen LogP contribution in [0.25, 0.3) is 22.3 Å². The normalized spacial score (nSPS) is 25.3. The molecule has 1 aromatic heterocycles. The summed E-state index contributed by atoms with van der Waals surface area (Å²) in [5, 5.41) is 89.2. The molecule has 1 aliphatic heterocycles. The van der Waals surface area contributed by atoms with Crippen molar-refractivity contribution >= 4 is 11.0 Å². The summed E-state index contributed by atoms with van der Waals surface area (Å²) in [6, 6.07) is 5.51. The Labute approximate surface area is 185 Å². The van der Waals surface area contributed by atoms with Crippen molar-refractivity contribution in [3.63, 3.8) is 0 Å². The first-order valence-electron chi connectivity index (χ1n) is 9.66. The van der Waals surface area contributed by atoms with E-state index in [9.17, 15) is 46.0 Å². The minimum absolute atomic E-state index is 0.0212. The van der Waals surface area contributed by atoms with Crippen molar-refractivity contribution in [1.29, 1.82) is 0 Å². The fourth-order valence-electron chi connectivity index (χ4n) is 3.50. The molecule has 0 aliphatic carbocycles. The van der Waals surface area contributed by atoms with Gasteiger partial charge in [0, 0.05) is 24.3 Å². The molecule has 0 spiro atoms. The number of hydrogen-bond acceptors (Lipinski definition) is 11. The second-order valence-corrected chi connectivity index (χ2v) is 7.49. The lowest BCUT2D eigenvalue weighted by Gasteiger charge is -2.39. The van der Waals surface area contributed by atoms with E-state index in [1.54, 1.807) is 0 Å². The van der Waals surface area contributed by atoms with Gasteiger partial charge in [-0.15, -0.1) is 0 Å². The van der Waals surface area contributed by atoms with Crippen molar-refractivity contribution in [2.24, 2.45) is 0 Å². The van der Waals surface area contributed by atoms with Crippen LogP contribution in [-0.4, -0.2) is 83.3 Å². The molecule has 176 valence electrons. The first-order valence-corrected chi connectivity index (χ1v) is 9.66. The molecular weight excluding hydrogens is 444 g/mol. The van der Waals surface area contributed by atoms with Crippen molar-refractivity contribution in [2.45, 2.75) is 30.7 Å². The number of benzene rings is 2. The average molecular weight is 465 g/mol. The molecule has 33 heavy (non-hydrogen) atoms. The summed E-state index contributed by atoms with van der Waals surface area (Å²) >= 11 is 0. The molecular formula is C21H21O12+. The zero-order valence-electron chi connectivity index (χ0n) is 16.7. The van der Waals surface area contributed by atoms with E-state index in [4.69, 9.17) is 13.9 Å². The lowest BCUT2D eigenvalue weighted by Crippen LogP contribution is -2.60. The van der Waals surface area contributed by atoms with Crippen LogP contribution >= 0.6 is 0 Å². The highest BCUT2D eigenvalue weighted by Gasteiger charge is 2.45. The standard InChI is InChI=1S/C21H20O12/c22-6-15-17(28)18(29)19(30)21(33-15)32-14-5-9-10(24)3-8(23)4-13(9)31-20(14)7-1-11(25)16(27)12(26)2-7/h1-5,15,17-19,21-22,28-30H,6H2,(H4-,23,24,25,26,27)/p+1/t15-,17-,18+,19-,21-/m0/s1. The van der Waals surface area contributed by atoms with Gasteiger partial charge in [0.05, 0.1) is 18.2 Å². The van der Waals surface area contributed by atoms with Gasteiger partial charge >= 0.3 is 11.3 Å². The molecule has 0 radical (unpaired) electrons. The van der Waals surface area contributed by atoms with Crippen LogP contribution in [0.15, 0.2) is 34.7 Å². The van der Waals surface area contributed by atoms with Crippen LogP contribution in [0, 0.1) is 0 Å². The monoisotopic (exact) mass is 465 g/mol. The second kappa shape index (κ2) is 8.42. The van der Waals surface area contributed by atoms with E-state index in [0.29, 0.717) is 0 Å². The van der Waals surface area contributed by atoms with Gasteiger partial charge in [-0.05, 0) is 0 Å². The minimum Gasteiger partial charge on any atom is -0.507 e. The fourth-order valence-corrected chi connectivity index (χ4v) is 3.50. The number of aliphatic hydroxyl groups is 4. The molecule has 0 amide bonds. The zero-order valence-corrected chi connectivity index (χ0v) is 16.7. The van der Waals surface area contributed by atoms with Gasteiger partial charge in [0.1, 0.15) is 41.3 Å². The topological polar surface area (TPSA) is 212 Å². The molecule has 2 aromatic carbocycles. The fraction of sp³-hybridized carbons (Fsp3) is 0.286. The highest BCUT2D eigenvalue weighted by atomic mass is 16.7. The van der Waals surface area contributed by atoms with E-state index >= 15 is 0 Å². The molecule has 0 saturated carbocycles. The Morgan fingerprint density at radius 2 is 1.48 bits per heavy atom. The average Bonchev–Trinajstić information content (AvgIpc) is 2.77.